The van der Waals surface area contributed by atoms with Crippen LogP contribution >= 0.6 is 7.82 Å². The van der Waals surface area contributed by atoms with Gasteiger partial charge in [0.25, 0.3) is 0 Å². The Balaban J connectivity index is 3.72. The summed E-state index contributed by atoms with van der Waals surface area (Å²) in [5.41, 5.74) is 5.33. The molecule has 0 fully saturated rings. The third-order valence-corrected chi connectivity index (χ3v) is 9.76. The Labute approximate surface area is 291 Å². The summed E-state index contributed by atoms with van der Waals surface area (Å²) in [6, 6.07) is 0. The van der Waals surface area contributed by atoms with Crippen molar-refractivity contribution in [2.75, 3.05) is 33.0 Å². The normalized spacial score (nSPS) is 13.5. The van der Waals surface area contributed by atoms with E-state index >= 15 is 0 Å². The fraction of sp³-hybridized carbons (Fsp3) is 0.974. The molecule has 0 amide bonds. The fourth-order valence-electron chi connectivity index (χ4n) is 5.82. The number of unbranched alkanes of at least 4 members (excludes halogenated alkanes) is 26. The molecule has 0 spiro atoms. The number of esters is 1. The van der Waals surface area contributed by atoms with Crippen LogP contribution in [0.15, 0.2) is 0 Å². The van der Waals surface area contributed by atoms with Gasteiger partial charge in [-0.1, -0.05) is 181 Å². The van der Waals surface area contributed by atoms with Crippen LogP contribution in [0.4, 0.5) is 0 Å². The van der Waals surface area contributed by atoms with E-state index in [4.69, 9.17) is 24.3 Å². The number of nitrogens with two attached hydrogens (primary N) is 1. The molecule has 0 radical (unpaired) electrons. The lowest BCUT2D eigenvalue weighted by atomic mass is 10.0. The highest BCUT2D eigenvalue weighted by molar-refractivity contribution is 7.47. The van der Waals surface area contributed by atoms with E-state index in [9.17, 15) is 14.3 Å². The number of ether oxygens (including phenoxy) is 2. The Morgan fingerprint density at radius 1 is 0.553 bits per heavy atom. The smallest absolute Gasteiger partial charge is 0.457 e. The molecule has 0 rings (SSSR count). The highest BCUT2D eigenvalue weighted by atomic mass is 31.2. The molecule has 0 saturated heterocycles. The summed E-state index contributed by atoms with van der Waals surface area (Å²) in [7, 11) is -4.25. The molecule has 282 valence electrons. The molecule has 47 heavy (non-hydrogen) atoms. The van der Waals surface area contributed by atoms with E-state index < -0.39 is 13.9 Å². The molecule has 0 aromatic carbocycles. The minimum absolute atomic E-state index is 0.0912. The summed E-state index contributed by atoms with van der Waals surface area (Å²) in [4.78, 5) is 22.1. The second-order valence-electron chi connectivity index (χ2n) is 13.5. The lowest BCUT2D eigenvalue weighted by Gasteiger charge is -2.20. The molecule has 2 atom stereocenters. The van der Waals surface area contributed by atoms with E-state index in [1.54, 1.807) is 0 Å². The van der Waals surface area contributed by atoms with Gasteiger partial charge in [0.2, 0.25) is 0 Å². The van der Waals surface area contributed by atoms with Crippen molar-refractivity contribution in [2.45, 2.75) is 206 Å². The predicted octanol–water partition coefficient (Wildman–Crippen LogP) is 11.4. The monoisotopic (exact) mass is 692 g/mol. The van der Waals surface area contributed by atoms with Gasteiger partial charge in [0, 0.05) is 19.6 Å². The van der Waals surface area contributed by atoms with E-state index in [0.29, 0.717) is 13.0 Å². The summed E-state index contributed by atoms with van der Waals surface area (Å²) >= 11 is 0. The van der Waals surface area contributed by atoms with Gasteiger partial charge in [-0.3, -0.25) is 13.8 Å². The van der Waals surface area contributed by atoms with Gasteiger partial charge in [0.05, 0.1) is 19.8 Å². The topological polar surface area (TPSA) is 117 Å². The van der Waals surface area contributed by atoms with Gasteiger partial charge in [-0.15, -0.1) is 0 Å². The minimum Gasteiger partial charge on any atom is -0.457 e. The summed E-state index contributed by atoms with van der Waals surface area (Å²) < 4.78 is 33.1. The first-order valence-corrected chi connectivity index (χ1v) is 21.5. The molecule has 9 heteroatoms. The highest BCUT2D eigenvalue weighted by Gasteiger charge is 2.25. The maximum atomic E-state index is 12.3. The Hall–Kier alpha value is -0.500. The molecule has 0 aromatic rings. The Morgan fingerprint density at radius 2 is 0.936 bits per heavy atom. The van der Waals surface area contributed by atoms with E-state index in [0.717, 1.165) is 44.9 Å². The lowest BCUT2D eigenvalue weighted by Crippen LogP contribution is -2.28. The molecule has 0 aromatic heterocycles. The predicted molar refractivity (Wildman–Crippen MR) is 197 cm³/mol. The second kappa shape index (κ2) is 36.8. The molecule has 0 heterocycles. The zero-order valence-electron chi connectivity index (χ0n) is 31.0. The van der Waals surface area contributed by atoms with Gasteiger partial charge < -0.3 is 20.1 Å². The van der Waals surface area contributed by atoms with Crippen molar-refractivity contribution in [1.82, 2.24) is 0 Å². The van der Waals surface area contributed by atoms with Crippen molar-refractivity contribution >= 4 is 13.8 Å². The maximum Gasteiger partial charge on any atom is 0.472 e. The van der Waals surface area contributed by atoms with Crippen LogP contribution in [0.1, 0.15) is 200 Å². The van der Waals surface area contributed by atoms with Gasteiger partial charge in [-0.2, -0.15) is 0 Å². The van der Waals surface area contributed by atoms with E-state index in [-0.39, 0.29) is 32.3 Å². The highest BCUT2D eigenvalue weighted by Crippen LogP contribution is 2.43. The molecule has 0 aliphatic heterocycles. The number of hydrogen-bond donors (Lipinski definition) is 2. The summed E-state index contributed by atoms with van der Waals surface area (Å²) in [5.74, 6) is -0.339. The average molecular weight is 692 g/mol. The van der Waals surface area contributed by atoms with Gasteiger partial charge >= 0.3 is 13.8 Å². The number of phosphoric ester groups is 1. The molecular weight excluding hydrogens is 613 g/mol. The minimum atomic E-state index is -4.25. The van der Waals surface area contributed by atoms with Crippen molar-refractivity contribution in [2.24, 2.45) is 5.73 Å². The van der Waals surface area contributed by atoms with Crippen LogP contribution in [-0.2, 0) is 27.9 Å². The fourth-order valence-corrected chi connectivity index (χ4v) is 6.59. The number of carbonyl (C=O) groups excluding carboxylic acids is 1. The average Bonchev–Trinajstić information content (AvgIpc) is 3.06. The van der Waals surface area contributed by atoms with Crippen LogP contribution in [0.5, 0.6) is 0 Å². The van der Waals surface area contributed by atoms with E-state index in [1.807, 2.05) is 0 Å². The molecule has 2 unspecified atom stereocenters. The van der Waals surface area contributed by atoms with Crippen LogP contribution in [0.2, 0.25) is 0 Å². The Morgan fingerprint density at radius 3 is 1.34 bits per heavy atom. The quantitative estimate of drug-likeness (QED) is 0.0371. The van der Waals surface area contributed by atoms with Crippen LogP contribution in [-0.4, -0.2) is 49.9 Å². The van der Waals surface area contributed by atoms with Crippen LogP contribution in [0, 0.1) is 0 Å². The summed E-state index contributed by atoms with van der Waals surface area (Å²) in [5, 5.41) is 0. The van der Waals surface area contributed by atoms with Crippen LogP contribution in [0.3, 0.4) is 0 Å². The van der Waals surface area contributed by atoms with Gasteiger partial charge in [-0.25, -0.2) is 4.57 Å². The standard InChI is InChI=1S/C38H78NO7P/c1-3-5-7-9-10-11-12-13-14-15-16-17-18-19-20-21-22-23-24-25-26-28-30-33-43-35-37(36-45-47(41,42)44-34-32-39)46-38(40)31-29-27-8-6-4-2/h37H,3-36,39H2,1-2H3,(H,41,42). The van der Waals surface area contributed by atoms with Gasteiger partial charge in [0.15, 0.2) is 0 Å². The summed E-state index contributed by atoms with van der Waals surface area (Å²) in [6.45, 7) is 4.87. The zero-order valence-corrected chi connectivity index (χ0v) is 31.9. The van der Waals surface area contributed by atoms with Crippen molar-refractivity contribution in [3.05, 3.63) is 0 Å². The summed E-state index contributed by atoms with van der Waals surface area (Å²) in [6.07, 6.45) is 36.0. The zero-order chi connectivity index (χ0) is 34.5. The number of hydrogen-bond acceptors (Lipinski definition) is 7. The van der Waals surface area contributed by atoms with Crippen LogP contribution in [0.25, 0.3) is 0 Å². The third kappa shape index (κ3) is 36.6. The molecule has 0 aliphatic carbocycles. The first-order chi connectivity index (χ1) is 22.9. The maximum absolute atomic E-state index is 12.3. The third-order valence-electron chi connectivity index (χ3n) is 8.77. The lowest BCUT2D eigenvalue weighted by molar-refractivity contribution is -0.154. The van der Waals surface area contributed by atoms with E-state index in [2.05, 4.69) is 13.8 Å². The van der Waals surface area contributed by atoms with Crippen molar-refractivity contribution in [3.63, 3.8) is 0 Å². The first-order valence-electron chi connectivity index (χ1n) is 20.0. The van der Waals surface area contributed by atoms with Crippen LogP contribution < -0.4 is 5.73 Å². The first kappa shape index (κ1) is 46.5. The number of carbonyl (C=O) groups is 1. The van der Waals surface area contributed by atoms with Crippen molar-refractivity contribution in [3.8, 4) is 0 Å². The largest absolute Gasteiger partial charge is 0.472 e. The molecule has 3 N–H and O–H groups in total. The molecule has 0 bridgehead atoms. The number of rotatable bonds is 39. The Bertz CT molecular complexity index is 697. The molecule has 0 aliphatic rings. The second-order valence-corrected chi connectivity index (χ2v) is 15.0. The van der Waals surface area contributed by atoms with E-state index in [1.165, 1.54) is 135 Å². The Kier molecular flexibility index (Phi) is 36.4. The number of phosphoric acid groups is 1. The van der Waals surface area contributed by atoms with Gasteiger partial charge in [-0.05, 0) is 12.8 Å². The van der Waals surface area contributed by atoms with Crippen molar-refractivity contribution in [1.29, 1.82) is 0 Å². The van der Waals surface area contributed by atoms with Gasteiger partial charge in [0.1, 0.15) is 6.10 Å². The molecular formula is C38H78NO7P. The molecule has 0 saturated carbocycles. The SMILES string of the molecule is CCCCCCCCCCCCCCCCCCCCCCCCCOCC(COP(=O)(O)OCCN)OC(=O)CCCCCCC. The van der Waals surface area contributed by atoms with Crippen molar-refractivity contribution < 1.29 is 32.8 Å². The molecule has 8 nitrogen and oxygen atoms in total.